The number of benzene rings is 2. The normalized spacial score (nSPS) is 16.4. The molecule has 1 aliphatic rings. The van der Waals surface area contributed by atoms with Crippen LogP contribution in [0.2, 0.25) is 0 Å². The number of hydrogen-bond donors (Lipinski definition) is 0. The van der Waals surface area contributed by atoms with Crippen LogP contribution in [0.4, 0.5) is 11.4 Å². The first-order chi connectivity index (χ1) is 12.5. The molecule has 1 fully saturated rings. The Kier molecular flexibility index (Phi) is 5.62. The maximum Gasteiger partial charge on any atom is 0.243 e. The fourth-order valence-electron chi connectivity index (χ4n) is 3.64. The van der Waals surface area contributed by atoms with Gasteiger partial charge in [-0.15, -0.1) is 0 Å². The highest BCUT2D eigenvalue weighted by Gasteiger charge is 2.28. The lowest BCUT2D eigenvalue weighted by Gasteiger charge is -2.40. The van der Waals surface area contributed by atoms with Crippen LogP contribution in [0.5, 0.6) is 0 Å². The first-order valence-electron chi connectivity index (χ1n) is 9.37. The fourth-order valence-corrected chi connectivity index (χ4v) is 3.64. The first kappa shape index (κ1) is 18.5. The molecule has 2 aromatic rings. The zero-order valence-corrected chi connectivity index (χ0v) is 16.3. The van der Waals surface area contributed by atoms with Crippen molar-refractivity contribution in [3.63, 3.8) is 0 Å². The van der Waals surface area contributed by atoms with Crippen molar-refractivity contribution in [1.82, 2.24) is 4.90 Å². The molecule has 0 aromatic heterocycles. The van der Waals surface area contributed by atoms with Crippen LogP contribution in [0.25, 0.3) is 0 Å². The molecule has 26 heavy (non-hydrogen) atoms. The van der Waals surface area contributed by atoms with Crippen molar-refractivity contribution in [2.45, 2.75) is 26.8 Å². The second-order valence-corrected chi connectivity index (χ2v) is 7.15. The fraction of sp³-hybridized carbons (Fsp3) is 0.409. The van der Waals surface area contributed by atoms with E-state index in [1.54, 1.807) is 4.90 Å². The van der Waals surface area contributed by atoms with Gasteiger partial charge in [0.15, 0.2) is 0 Å². The SMILES string of the molecule is Cc1cccc(N2CCN([C@@H](C)C(=O)N(C)c3ccccc3)CC2)c1C. The summed E-state index contributed by atoms with van der Waals surface area (Å²) in [4.78, 5) is 19.4. The molecule has 1 heterocycles. The number of hydrogen-bond acceptors (Lipinski definition) is 3. The van der Waals surface area contributed by atoms with E-state index in [0.717, 1.165) is 31.9 Å². The molecule has 1 amide bonds. The Balaban J connectivity index is 1.62. The second-order valence-electron chi connectivity index (χ2n) is 7.15. The molecule has 0 spiro atoms. The standard InChI is InChI=1S/C22H29N3O/c1-17-9-8-12-21(18(17)2)25-15-13-24(14-16-25)19(3)22(26)23(4)20-10-6-5-7-11-20/h5-12,19H,13-16H2,1-4H3/t19-/m0/s1. The molecule has 0 unspecified atom stereocenters. The minimum Gasteiger partial charge on any atom is -0.369 e. The van der Waals surface area contributed by atoms with Gasteiger partial charge in [-0.05, 0) is 50.1 Å². The molecule has 1 aliphatic heterocycles. The van der Waals surface area contributed by atoms with Crippen LogP contribution in [0.15, 0.2) is 48.5 Å². The number of amides is 1. The molecule has 0 aliphatic carbocycles. The van der Waals surface area contributed by atoms with Crippen LogP contribution in [-0.2, 0) is 4.79 Å². The molecule has 1 saturated heterocycles. The van der Waals surface area contributed by atoms with E-state index < -0.39 is 0 Å². The molecule has 4 nitrogen and oxygen atoms in total. The van der Waals surface area contributed by atoms with E-state index in [1.165, 1.54) is 16.8 Å². The van der Waals surface area contributed by atoms with Gasteiger partial charge in [0.2, 0.25) is 5.91 Å². The van der Waals surface area contributed by atoms with Gasteiger partial charge >= 0.3 is 0 Å². The van der Waals surface area contributed by atoms with Crippen molar-refractivity contribution in [3.8, 4) is 0 Å². The first-order valence-corrected chi connectivity index (χ1v) is 9.37. The number of nitrogens with zero attached hydrogens (tertiary/aromatic N) is 3. The summed E-state index contributed by atoms with van der Waals surface area (Å²) in [5.41, 5.74) is 4.95. The van der Waals surface area contributed by atoms with Crippen molar-refractivity contribution in [2.75, 3.05) is 43.0 Å². The largest absolute Gasteiger partial charge is 0.369 e. The molecule has 138 valence electrons. The zero-order chi connectivity index (χ0) is 18.7. The minimum atomic E-state index is -0.110. The van der Waals surface area contributed by atoms with Crippen molar-refractivity contribution < 1.29 is 4.79 Å². The smallest absolute Gasteiger partial charge is 0.243 e. The van der Waals surface area contributed by atoms with E-state index in [1.807, 2.05) is 44.3 Å². The average Bonchev–Trinajstić information content (AvgIpc) is 2.69. The van der Waals surface area contributed by atoms with E-state index in [4.69, 9.17) is 0 Å². The molecule has 0 bridgehead atoms. The molecule has 2 aromatic carbocycles. The molecule has 0 saturated carbocycles. The zero-order valence-electron chi connectivity index (χ0n) is 16.3. The van der Waals surface area contributed by atoms with Crippen molar-refractivity contribution in [1.29, 1.82) is 0 Å². The predicted molar refractivity (Wildman–Crippen MR) is 109 cm³/mol. The summed E-state index contributed by atoms with van der Waals surface area (Å²) in [6, 6.07) is 16.2. The van der Waals surface area contributed by atoms with Crippen LogP contribution in [0.3, 0.4) is 0 Å². The topological polar surface area (TPSA) is 26.8 Å². The predicted octanol–water partition coefficient (Wildman–Crippen LogP) is 3.48. The molecule has 0 radical (unpaired) electrons. The van der Waals surface area contributed by atoms with Crippen LogP contribution in [0, 0.1) is 13.8 Å². The van der Waals surface area contributed by atoms with Gasteiger partial charge < -0.3 is 9.80 Å². The van der Waals surface area contributed by atoms with E-state index in [0.29, 0.717) is 0 Å². The van der Waals surface area contributed by atoms with E-state index in [-0.39, 0.29) is 11.9 Å². The van der Waals surface area contributed by atoms with Gasteiger partial charge in [0.1, 0.15) is 0 Å². The van der Waals surface area contributed by atoms with Gasteiger partial charge in [-0.25, -0.2) is 0 Å². The second kappa shape index (κ2) is 7.92. The van der Waals surface area contributed by atoms with Gasteiger partial charge in [0, 0.05) is 44.6 Å². The summed E-state index contributed by atoms with van der Waals surface area (Å²) in [6.07, 6.45) is 0. The Morgan fingerprint density at radius 2 is 1.62 bits per heavy atom. The third-order valence-electron chi connectivity index (χ3n) is 5.61. The summed E-state index contributed by atoms with van der Waals surface area (Å²) in [6.45, 7) is 10.1. The highest BCUT2D eigenvalue weighted by molar-refractivity contribution is 5.96. The quantitative estimate of drug-likeness (QED) is 0.844. The number of carbonyl (C=O) groups excluding carboxylic acids is 1. The van der Waals surface area contributed by atoms with Gasteiger partial charge in [-0.1, -0.05) is 30.3 Å². The van der Waals surface area contributed by atoms with E-state index in [9.17, 15) is 4.79 Å². The molecule has 3 rings (SSSR count). The highest BCUT2D eigenvalue weighted by Crippen LogP contribution is 2.24. The Bertz CT molecular complexity index is 751. The van der Waals surface area contributed by atoms with Crippen molar-refractivity contribution in [3.05, 3.63) is 59.7 Å². The summed E-state index contributed by atoms with van der Waals surface area (Å²) in [7, 11) is 1.86. The molecular formula is C22H29N3O. The van der Waals surface area contributed by atoms with Gasteiger partial charge in [-0.2, -0.15) is 0 Å². The maximum absolute atomic E-state index is 12.9. The highest BCUT2D eigenvalue weighted by atomic mass is 16.2. The molecule has 4 heteroatoms. The van der Waals surface area contributed by atoms with Crippen LogP contribution in [-0.4, -0.2) is 50.1 Å². The Morgan fingerprint density at radius 3 is 2.27 bits per heavy atom. The van der Waals surface area contributed by atoms with Crippen LogP contribution >= 0.6 is 0 Å². The summed E-state index contributed by atoms with van der Waals surface area (Å²) >= 11 is 0. The number of aryl methyl sites for hydroxylation is 1. The number of rotatable bonds is 4. The van der Waals surface area contributed by atoms with E-state index in [2.05, 4.69) is 41.8 Å². The van der Waals surface area contributed by atoms with Gasteiger partial charge in [0.25, 0.3) is 0 Å². The lowest BCUT2D eigenvalue weighted by atomic mass is 10.1. The number of para-hydroxylation sites is 1. The Hall–Kier alpha value is -2.33. The number of anilines is 2. The third kappa shape index (κ3) is 3.75. The Labute approximate surface area is 157 Å². The average molecular weight is 351 g/mol. The van der Waals surface area contributed by atoms with Crippen LogP contribution < -0.4 is 9.80 Å². The number of carbonyl (C=O) groups is 1. The number of likely N-dealkylation sites (N-methyl/N-ethyl adjacent to an activating group) is 1. The third-order valence-corrected chi connectivity index (χ3v) is 5.61. The van der Waals surface area contributed by atoms with E-state index >= 15 is 0 Å². The molecule has 1 atom stereocenters. The summed E-state index contributed by atoms with van der Waals surface area (Å²) in [5.74, 6) is 0.149. The van der Waals surface area contributed by atoms with Gasteiger partial charge in [0.05, 0.1) is 6.04 Å². The van der Waals surface area contributed by atoms with Crippen molar-refractivity contribution in [2.24, 2.45) is 0 Å². The van der Waals surface area contributed by atoms with Crippen LogP contribution in [0.1, 0.15) is 18.1 Å². The monoisotopic (exact) mass is 351 g/mol. The van der Waals surface area contributed by atoms with Crippen molar-refractivity contribution >= 4 is 17.3 Å². The van der Waals surface area contributed by atoms with Gasteiger partial charge in [-0.3, -0.25) is 9.69 Å². The molecule has 0 N–H and O–H groups in total. The lowest BCUT2D eigenvalue weighted by molar-refractivity contribution is -0.123. The summed E-state index contributed by atoms with van der Waals surface area (Å²) < 4.78 is 0. The number of piperazine rings is 1. The summed E-state index contributed by atoms with van der Waals surface area (Å²) in [5, 5.41) is 0. The maximum atomic E-state index is 12.9. The Morgan fingerprint density at radius 1 is 0.962 bits per heavy atom. The molecular weight excluding hydrogens is 322 g/mol. The lowest BCUT2D eigenvalue weighted by Crippen LogP contribution is -2.54. The minimum absolute atomic E-state index is 0.110.